The molecule has 0 N–H and O–H groups in total. The van der Waals surface area contributed by atoms with Crippen molar-refractivity contribution >= 4 is 22.5 Å². The van der Waals surface area contributed by atoms with Crippen LogP contribution < -0.4 is 9.64 Å². The summed E-state index contributed by atoms with van der Waals surface area (Å²) in [4.78, 5) is 2.38. The van der Waals surface area contributed by atoms with E-state index in [4.69, 9.17) is 4.74 Å². The lowest BCUT2D eigenvalue weighted by Crippen LogP contribution is -2.35. The minimum atomic E-state index is -1.08. The maximum absolute atomic E-state index is 15.0. The molecule has 3 aliphatic rings. The Balaban J connectivity index is 1.38. The summed E-state index contributed by atoms with van der Waals surface area (Å²) in [7, 11) is 0. The van der Waals surface area contributed by atoms with Crippen LogP contribution in [0.3, 0.4) is 0 Å². The van der Waals surface area contributed by atoms with E-state index in [0.29, 0.717) is 11.1 Å². The van der Waals surface area contributed by atoms with Gasteiger partial charge in [-0.15, -0.1) is 0 Å². The fourth-order valence-electron chi connectivity index (χ4n) is 7.50. The normalized spacial score (nSPS) is 19.7. The van der Waals surface area contributed by atoms with E-state index < -0.39 is 11.0 Å². The van der Waals surface area contributed by atoms with Crippen molar-refractivity contribution < 1.29 is 17.9 Å². The van der Waals surface area contributed by atoms with Crippen LogP contribution in [0.15, 0.2) is 91.0 Å². The van der Waals surface area contributed by atoms with Crippen LogP contribution in [0.1, 0.15) is 54.5 Å². The van der Waals surface area contributed by atoms with E-state index in [2.05, 4.69) is 49.1 Å². The number of rotatable bonds is 3. The number of nitrogens with zero attached hydrogens (tertiary/aromatic N) is 1. The van der Waals surface area contributed by atoms with Gasteiger partial charge in [0.05, 0.1) is 0 Å². The van der Waals surface area contributed by atoms with Gasteiger partial charge in [0.2, 0.25) is 0 Å². The van der Waals surface area contributed by atoms with Crippen LogP contribution in [0.25, 0.3) is 28.0 Å². The van der Waals surface area contributed by atoms with Gasteiger partial charge in [0.25, 0.3) is 0 Å². The summed E-state index contributed by atoms with van der Waals surface area (Å²) in [5.74, 6) is -0.430. The molecule has 1 saturated heterocycles. The number of anilines is 1. The fraction of sp³-hybridized carbons (Fsp3) is 0.211. The molecule has 0 bridgehead atoms. The first-order chi connectivity index (χ1) is 20.8. The second kappa shape index (κ2) is 9.24. The molecule has 1 atom stereocenters. The molecule has 5 aromatic carbocycles. The maximum atomic E-state index is 15.0. The Bertz CT molecular complexity index is 1950. The van der Waals surface area contributed by atoms with Crippen molar-refractivity contribution in [1.82, 2.24) is 0 Å². The van der Waals surface area contributed by atoms with Gasteiger partial charge in [0.15, 0.2) is 5.60 Å². The molecule has 8 rings (SSSR count). The number of halogens is 3. The molecule has 0 saturated carbocycles. The van der Waals surface area contributed by atoms with Crippen LogP contribution in [-0.4, -0.2) is 13.1 Å². The van der Waals surface area contributed by atoms with Gasteiger partial charge in [-0.25, -0.2) is 13.2 Å². The molecular formula is C38H30F3NO. The first-order valence-electron chi connectivity index (χ1n) is 14.9. The predicted molar refractivity (Wildman–Crippen MR) is 166 cm³/mol. The molecule has 214 valence electrons. The van der Waals surface area contributed by atoms with Gasteiger partial charge in [0.1, 0.15) is 23.2 Å². The van der Waals surface area contributed by atoms with E-state index in [-0.39, 0.29) is 17.5 Å². The van der Waals surface area contributed by atoms with E-state index in [1.165, 1.54) is 43.2 Å². The van der Waals surface area contributed by atoms with Gasteiger partial charge in [-0.1, -0.05) is 56.3 Å². The smallest absolute Gasteiger partial charge is 0.178 e. The Morgan fingerprint density at radius 3 is 2.05 bits per heavy atom. The molecule has 2 heterocycles. The number of hydrogen-bond acceptors (Lipinski definition) is 2. The first kappa shape index (κ1) is 26.1. The Labute approximate surface area is 249 Å². The largest absolute Gasteiger partial charge is 0.472 e. The summed E-state index contributed by atoms with van der Waals surface area (Å²) < 4.78 is 50.8. The number of ether oxygens (including phenoxy) is 1. The minimum Gasteiger partial charge on any atom is -0.472 e. The Morgan fingerprint density at radius 1 is 0.698 bits per heavy atom. The second-order valence-corrected chi connectivity index (χ2v) is 12.4. The predicted octanol–water partition coefficient (Wildman–Crippen LogP) is 9.51. The van der Waals surface area contributed by atoms with E-state index in [9.17, 15) is 13.2 Å². The van der Waals surface area contributed by atoms with E-state index in [0.717, 1.165) is 63.1 Å². The summed E-state index contributed by atoms with van der Waals surface area (Å²) >= 11 is 0. The molecule has 1 fully saturated rings. The molecule has 5 heteroatoms. The van der Waals surface area contributed by atoms with Crippen molar-refractivity contribution in [2.45, 2.75) is 37.7 Å². The van der Waals surface area contributed by atoms with Crippen LogP contribution in [0.2, 0.25) is 0 Å². The summed E-state index contributed by atoms with van der Waals surface area (Å²) in [6, 6.07) is 24.5. The van der Waals surface area contributed by atoms with E-state index >= 15 is 0 Å². The van der Waals surface area contributed by atoms with E-state index in [1.54, 1.807) is 24.3 Å². The third kappa shape index (κ3) is 3.80. The van der Waals surface area contributed by atoms with Crippen molar-refractivity contribution in [2.75, 3.05) is 18.0 Å². The molecule has 0 radical (unpaired) electrons. The van der Waals surface area contributed by atoms with Crippen molar-refractivity contribution in [1.29, 1.82) is 0 Å². The van der Waals surface area contributed by atoms with Crippen LogP contribution >= 0.6 is 0 Å². The van der Waals surface area contributed by atoms with E-state index in [1.807, 2.05) is 12.1 Å². The molecule has 2 nitrogen and oxygen atoms in total. The lowest BCUT2D eigenvalue weighted by molar-refractivity contribution is 0.163. The molecular weight excluding hydrogens is 543 g/mol. The minimum absolute atomic E-state index is 0.289. The van der Waals surface area contributed by atoms with Crippen molar-refractivity contribution in [2.24, 2.45) is 0 Å². The molecule has 5 aromatic rings. The first-order valence-corrected chi connectivity index (χ1v) is 14.9. The summed E-state index contributed by atoms with van der Waals surface area (Å²) in [6.07, 6.45) is 6.46. The summed E-state index contributed by atoms with van der Waals surface area (Å²) in [5, 5.41) is 1.49. The molecule has 0 amide bonds. The summed E-state index contributed by atoms with van der Waals surface area (Å²) in [5.41, 5.74) is 5.89. The van der Waals surface area contributed by atoms with Crippen LogP contribution in [-0.2, 0) is 11.0 Å². The SMILES string of the molecule is CC1(C)c2cc(F)ccc2-c2c1c1c(c3cc(F)ccc23)OC(c2ccc(F)cc2)(c2ccc(N3CCCC3)cc2)C=C1. The zero-order valence-corrected chi connectivity index (χ0v) is 24.1. The van der Waals surface area contributed by atoms with Crippen molar-refractivity contribution in [3.05, 3.63) is 136 Å². The monoisotopic (exact) mass is 573 g/mol. The quantitative estimate of drug-likeness (QED) is 0.213. The Morgan fingerprint density at radius 2 is 1.33 bits per heavy atom. The third-order valence-electron chi connectivity index (χ3n) is 9.60. The number of fused-ring (bicyclic) bond motifs is 8. The highest BCUT2D eigenvalue weighted by Crippen LogP contribution is 2.58. The standard InChI is InChI=1S/C38H30F3NO/c1-37(2)33-22-27(41)12-16-30(33)34-29-15-11-26(40)21-32(29)36-31(35(34)37)17-18-38(43-36,23-5-9-25(39)10-6-23)24-7-13-28(14-8-24)42-19-3-4-20-42/h5-18,21-22H,3-4,19-20H2,1-2H3. The topological polar surface area (TPSA) is 12.5 Å². The highest BCUT2D eigenvalue weighted by atomic mass is 19.1. The van der Waals surface area contributed by atoms with Gasteiger partial charge in [-0.3, -0.25) is 0 Å². The fourth-order valence-corrected chi connectivity index (χ4v) is 7.50. The molecule has 1 aliphatic carbocycles. The molecule has 43 heavy (non-hydrogen) atoms. The van der Waals surface area contributed by atoms with Gasteiger partial charge < -0.3 is 9.64 Å². The molecule has 0 aromatic heterocycles. The lowest BCUT2D eigenvalue weighted by Gasteiger charge is -2.38. The van der Waals surface area contributed by atoms with Crippen molar-refractivity contribution in [3.63, 3.8) is 0 Å². The van der Waals surface area contributed by atoms with Gasteiger partial charge in [0, 0.05) is 46.3 Å². The number of benzene rings is 5. The average molecular weight is 574 g/mol. The zero-order chi connectivity index (χ0) is 29.5. The van der Waals surface area contributed by atoms with Crippen molar-refractivity contribution in [3.8, 4) is 16.9 Å². The Kier molecular flexibility index (Phi) is 5.62. The van der Waals surface area contributed by atoms with Crippen LogP contribution in [0.5, 0.6) is 5.75 Å². The van der Waals surface area contributed by atoms with Crippen LogP contribution in [0.4, 0.5) is 18.9 Å². The maximum Gasteiger partial charge on any atom is 0.178 e. The van der Waals surface area contributed by atoms with Crippen LogP contribution in [0, 0.1) is 17.5 Å². The average Bonchev–Trinajstić information content (AvgIpc) is 3.63. The molecule has 1 unspecified atom stereocenters. The summed E-state index contributed by atoms with van der Waals surface area (Å²) in [6.45, 7) is 6.27. The zero-order valence-electron chi connectivity index (χ0n) is 24.1. The van der Waals surface area contributed by atoms with Gasteiger partial charge >= 0.3 is 0 Å². The molecule has 2 aliphatic heterocycles. The highest BCUT2D eigenvalue weighted by Gasteiger charge is 2.44. The lowest BCUT2D eigenvalue weighted by atomic mass is 9.76. The molecule has 0 spiro atoms. The number of hydrogen-bond donors (Lipinski definition) is 0. The Hall–Kier alpha value is -4.51. The third-order valence-corrected chi connectivity index (χ3v) is 9.60. The van der Waals surface area contributed by atoms with Gasteiger partial charge in [-0.05, 0) is 95.1 Å². The highest BCUT2D eigenvalue weighted by molar-refractivity contribution is 6.08. The second-order valence-electron chi connectivity index (χ2n) is 12.4. The van der Waals surface area contributed by atoms with Gasteiger partial charge in [-0.2, -0.15) is 0 Å².